The minimum atomic E-state index is -1.32. The van der Waals surface area contributed by atoms with Gasteiger partial charge in [0.1, 0.15) is 23.0 Å². The molecule has 0 fully saturated rings. The van der Waals surface area contributed by atoms with Crippen molar-refractivity contribution in [2.75, 3.05) is 5.73 Å². The number of benzene rings is 1. The Kier molecular flexibility index (Phi) is 4.47. The quantitative estimate of drug-likeness (QED) is 0.644. The molecule has 3 rings (SSSR count). The van der Waals surface area contributed by atoms with E-state index in [2.05, 4.69) is 15.3 Å². The number of nitrogens with one attached hydrogen (secondary N) is 1. The summed E-state index contributed by atoms with van der Waals surface area (Å²) in [7, 11) is 0. The zero-order chi connectivity index (χ0) is 19.0. The summed E-state index contributed by atoms with van der Waals surface area (Å²) in [6.45, 7) is 1.48. The van der Waals surface area contributed by atoms with Crippen molar-refractivity contribution in [3.8, 4) is 5.69 Å². The summed E-state index contributed by atoms with van der Waals surface area (Å²) >= 11 is 6.07. The van der Waals surface area contributed by atoms with Gasteiger partial charge < -0.3 is 16.2 Å². The molecular weight excluding hydrogens is 365 g/mol. The van der Waals surface area contributed by atoms with Gasteiger partial charge in [-0.15, -0.1) is 0 Å². The van der Waals surface area contributed by atoms with Gasteiger partial charge in [0.15, 0.2) is 0 Å². The molecule has 0 radical (unpaired) electrons. The van der Waals surface area contributed by atoms with Crippen molar-refractivity contribution in [3.05, 3.63) is 57.5 Å². The van der Waals surface area contributed by atoms with Gasteiger partial charge in [0.25, 0.3) is 5.56 Å². The van der Waals surface area contributed by atoms with Crippen molar-refractivity contribution in [2.45, 2.75) is 13.0 Å². The van der Waals surface area contributed by atoms with Gasteiger partial charge in [-0.3, -0.25) is 9.36 Å². The molecule has 0 aliphatic rings. The van der Waals surface area contributed by atoms with Crippen LogP contribution in [-0.4, -0.2) is 25.7 Å². The van der Waals surface area contributed by atoms with Crippen molar-refractivity contribution in [2.24, 2.45) is 0 Å². The number of anilines is 1. The zero-order valence-corrected chi connectivity index (χ0v) is 14.2. The molecule has 134 valence electrons. The monoisotopic (exact) mass is 377 g/mol. The first-order valence-corrected chi connectivity index (χ1v) is 7.79. The summed E-state index contributed by atoms with van der Waals surface area (Å²) in [4.78, 5) is 32.1. The number of nitrogens with zero attached hydrogens (tertiary/aromatic N) is 3. The highest BCUT2D eigenvalue weighted by Gasteiger charge is 2.22. The lowest BCUT2D eigenvalue weighted by atomic mass is 10.2. The summed E-state index contributed by atoms with van der Waals surface area (Å²) in [5.41, 5.74) is 4.96. The van der Waals surface area contributed by atoms with E-state index in [1.54, 1.807) is 0 Å². The molecule has 2 heterocycles. The topological polar surface area (TPSA) is 123 Å². The Bertz CT molecular complexity index is 1070. The molecule has 26 heavy (non-hydrogen) atoms. The largest absolute Gasteiger partial charge is 0.465 e. The second-order valence-corrected chi connectivity index (χ2v) is 5.88. The first kappa shape index (κ1) is 17.6. The molecule has 4 N–H and O–H groups in total. The Morgan fingerprint density at radius 2 is 2.12 bits per heavy atom. The summed E-state index contributed by atoms with van der Waals surface area (Å²) < 4.78 is 15.3. The summed E-state index contributed by atoms with van der Waals surface area (Å²) in [5, 5.41) is 11.1. The van der Waals surface area contributed by atoms with Gasteiger partial charge in [-0.05, 0) is 31.2 Å². The number of aromatic nitrogens is 3. The van der Waals surface area contributed by atoms with Crippen LogP contribution in [0, 0.1) is 5.82 Å². The van der Waals surface area contributed by atoms with E-state index in [0.29, 0.717) is 0 Å². The van der Waals surface area contributed by atoms with E-state index >= 15 is 0 Å². The van der Waals surface area contributed by atoms with Gasteiger partial charge in [0.05, 0.1) is 28.3 Å². The third kappa shape index (κ3) is 3.04. The van der Waals surface area contributed by atoms with Crippen molar-refractivity contribution >= 4 is 34.4 Å². The van der Waals surface area contributed by atoms with Crippen LogP contribution in [0.1, 0.15) is 18.8 Å². The number of fused-ring (bicyclic) bond motifs is 1. The SMILES string of the molecule is CC(NC(=O)O)c1nc2c(F)ccc(Cl)c2c(=O)n1-c1ccc(N)nc1. The number of rotatable bonds is 3. The van der Waals surface area contributed by atoms with E-state index in [9.17, 15) is 14.0 Å². The summed E-state index contributed by atoms with van der Waals surface area (Å²) in [6, 6.07) is 4.41. The van der Waals surface area contributed by atoms with E-state index in [1.807, 2.05) is 0 Å². The van der Waals surface area contributed by atoms with Gasteiger partial charge in [-0.1, -0.05) is 11.6 Å². The molecule has 8 nitrogen and oxygen atoms in total. The molecule has 0 aliphatic heterocycles. The highest BCUT2D eigenvalue weighted by atomic mass is 35.5. The molecule has 1 aromatic carbocycles. The molecule has 0 saturated heterocycles. The summed E-state index contributed by atoms with van der Waals surface area (Å²) in [6.07, 6.45) is 0.00873. The molecule has 10 heteroatoms. The normalized spacial score (nSPS) is 12.1. The van der Waals surface area contributed by atoms with E-state index in [-0.39, 0.29) is 33.3 Å². The number of nitrogen functional groups attached to an aromatic ring is 1. The fourth-order valence-corrected chi connectivity index (χ4v) is 2.79. The number of nitrogens with two attached hydrogens (primary N) is 1. The van der Waals surface area contributed by atoms with Crippen LogP contribution < -0.4 is 16.6 Å². The number of hydrogen-bond donors (Lipinski definition) is 3. The van der Waals surface area contributed by atoms with Crippen LogP contribution in [0.2, 0.25) is 5.02 Å². The number of halogens is 2. The van der Waals surface area contributed by atoms with Crippen LogP contribution in [0.25, 0.3) is 16.6 Å². The summed E-state index contributed by atoms with van der Waals surface area (Å²) in [5.74, 6) is -0.525. The van der Waals surface area contributed by atoms with E-state index in [1.165, 1.54) is 31.3 Å². The predicted molar refractivity (Wildman–Crippen MR) is 94.1 cm³/mol. The Morgan fingerprint density at radius 1 is 1.38 bits per heavy atom. The van der Waals surface area contributed by atoms with Crippen LogP contribution >= 0.6 is 11.6 Å². The Hall–Kier alpha value is -3.20. The maximum atomic E-state index is 14.2. The molecule has 0 bridgehead atoms. The van der Waals surface area contributed by atoms with Gasteiger partial charge in [-0.25, -0.2) is 19.2 Å². The highest BCUT2D eigenvalue weighted by molar-refractivity contribution is 6.35. The van der Waals surface area contributed by atoms with Crippen molar-refractivity contribution in [1.29, 1.82) is 0 Å². The van der Waals surface area contributed by atoms with Gasteiger partial charge >= 0.3 is 6.09 Å². The van der Waals surface area contributed by atoms with E-state index in [0.717, 1.165) is 10.6 Å². The Morgan fingerprint density at radius 3 is 2.73 bits per heavy atom. The molecule has 1 atom stereocenters. The van der Waals surface area contributed by atoms with E-state index in [4.69, 9.17) is 22.4 Å². The maximum absolute atomic E-state index is 14.2. The molecule has 0 spiro atoms. The lowest BCUT2D eigenvalue weighted by molar-refractivity contribution is 0.190. The fourth-order valence-electron chi connectivity index (χ4n) is 2.55. The van der Waals surface area contributed by atoms with Crippen molar-refractivity contribution in [1.82, 2.24) is 19.9 Å². The van der Waals surface area contributed by atoms with Crippen molar-refractivity contribution < 1.29 is 14.3 Å². The smallest absolute Gasteiger partial charge is 0.405 e. The standard InChI is InChI=1S/C16H13ClFN5O3/c1-7(21-16(25)26)14-22-13-10(18)4-3-9(17)12(13)15(24)23(14)8-2-5-11(19)20-6-8/h2-7,21H,1H3,(H2,19,20)(H,25,26). The number of carboxylic acid groups (broad SMARTS) is 1. The van der Waals surface area contributed by atoms with E-state index < -0.39 is 23.5 Å². The lowest BCUT2D eigenvalue weighted by Crippen LogP contribution is -2.32. The maximum Gasteiger partial charge on any atom is 0.405 e. The minimum Gasteiger partial charge on any atom is -0.465 e. The molecule has 1 unspecified atom stereocenters. The van der Waals surface area contributed by atoms with Crippen LogP contribution in [0.15, 0.2) is 35.3 Å². The second-order valence-electron chi connectivity index (χ2n) is 5.48. The van der Waals surface area contributed by atoms with Gasteiger partial charge in [-0.2, -0.15) is 0 Å². The predicted octanol–water partition coefficient (Wildman–Crippen LogP) is 2.48. The molecule has 3 aromatic rings. The Labute approximate surface area is 151 Å². The lowest BCUT2D eigenvalue weighted by Gasteiger charge is -2.18. The molecule has 1 amide bonds. The second kappa shape index (κ2) is 6.60. The zero-order valence-electron chi connectivity index (χ0n) is 13.4. The van der Waals surface area contributed by atoms with Crippen LogP contribution in [-0.2, 0) is 0 Å². The molecule has 0 saturated carbocycles. The molecular formula is C16H13ClFN5O3. The Balaban J connectivity index is 2.40. The van der Waals surface area contributed by atoms with Crippen LogP contribution in [0.3, 0.4) is 0 Å². The van der Waals surface area contributed by atoms with Gasteiger partial charge in [0, 0.05) is 0 Å². The third-order valence-electron chi connectivity index (χ3n) is 3.71. The molecule has 2 aromatic heterocycles. The minimum absolute atomic E-state index is 0.0161. The van der Waals surface area contributed by atoms with Crippen LogP contribution in [0.4, 0.5) is 15.0 Å². The first-order valence-electron chi connectivity index (χ1n) is 7.41. The molecule has 0 aliphatic carbocycles. The average molecular weight is 378 g/mol. The fraction of sp³-hybridized carbons (Fsp3) is 0.125. The number of hydrogen-bond acceptors (Lipinski definition) is 5. The highest BCUT2D eigenvalue weighted by Crippen LogP contribution is 2.24. The average Bonchev–Trinajstić information content (AvgIpc) is 2.58. The number of pyridine rings is 1. The van der Waals surface area contributed by atoms with Crippen LogP contribution in [0.5, 0.6) is 0 Å². The number of amides is 1. The third-order valence-corrected chi connectivity index (χ3v) is 4.02. The number of carbonyl (C=O) groups is 1. The first-order chi connectivity index (χ1) is 12.3. The van der Waals surface area contributed by atoms with Gasteiger partial charge in [0.2, 0.25) is 0 Å². The van der Waals surface area contributed by atoms with Crippen molar-refractivity contribution in [3.63, 3.8) is 0 Å².